The lowest BCUT2D eigenvalue weighted by molar-refractivity contribution is 0.464. The van der Waals surface area contributed by atoms with Crippen LogP contribution in [0.3, 0.4) is 0 Å². The van der Waals surface area contributed by atoms with Crippen LogP contribution in [0.4, 0.5) is 0 Å². The molecule has 0 saturated heterocycles. The van der Waals surface area contributed by atoms with Gasteiger partial charge in [0.25, 0.3) is 6.71 Å². The number of hydrogen-bond donors (Lipinski definition) is 0. The average Bonchev–Trinajstić information content (AvgIpc) is 3.01. The molecule has 0 bridgehead atoms. The van der Waals surface area contributed by atoms with Gasteiger partial charge in [-0.05, 0) is 69.8 Å². The van der Waals surface area contributed by atoms with E-state index in [1.54, 1.807) is 0 Å². The van der Waals surface area contributed by atoms with Crippen LogP contribution in [-0.2, 0) is 0 Å². The van der Waals surface area contributed by atoms with Crippen LogP contribution in [0.5, 0.6) is 23.0 Å². The molecular formula is C36H25BO2. The Kier molecular flexibility index (Phi) is 5.09. The predicted molar refractivity (Wildman–Crippen MR) is 161 cm³/mol. The van der Waals surface area contributed by atoms with Gasteiger partial charge in [-0.25, -0.2) is 0 Å². The molecule has 5 aromatic carbocycles. The fraction of sp³-hybridized carbons (Fsp3) is 0.0556. The largest absolute Gasteiger partial charge is 0.458 e. The van der Waals surface area contributed by atoms with Crippen molar-refractivity contribution >= 4 is 28.7 Å². The first-order valence-electron chi connectivity index (χ1n) is 13.6. The van der Waals surface area contributed by atoms with Crippen LogP contribution < -0.4 is 25.9 Å². The Hall–Kier alpha value is -4.76. The molecule has 3 heteroatoms. The van der Waals surface area contributed by atoms with Crippen molar-refractivity contribution in [2.45, 2.75) is 12.8 Å². The SMILES string of the molecule is C1=CC(c2cccc3c2Oc2cc(-c4ccccc4)cc4c2B3c2ccc(-c3ccccc3)cc2O4)=CCC1. The van der Waals surface area contributed by atoms with Gasteiger partial charge in [0.15, 0.2) is 0 Å². The number of ether oxygens (including phenoxy) is 2. The fourth-order valence-corrected chi connectivity index (χ4v) is 6.17. The van der Waals surface area contributed by atoms with Crippen molar-refractivity contribution in [2.75, 3.05) is 0 Å². The number of para-hydroxylation sites is 1. The van der Waals surface area contributed by atoms with Crippen molar-refractivity contribution in [3.05, 3.63) is 133 Å². The normalized spacial score (nSPS) is 14.4. The topological polar surface area (TPSA) is 18.5 Å². The second-order valence-electron chi connectivity index (χ2n) is 10.4. The third kappa shape index (κ3) is 3.65. The molecule has 184 valence electrons. The summed E-state index contributed by atoms with van der Waals surface area (Å²) in [6, 6.07) is 38.5. The van der Waals surface area contributed by atoms with Gasteiger partial charge >= 0.3 is 0 Å². The molecule has 0 radical (unpaired) electrons. The van der Waals surface area contributed by atoms with Gasteiger partial charge in [0.05, 0.1) is 0 Å². The summed E-state index contributed by atoms with van der Waals surface area (Å²) >= 11 is 0. The maximum Gasteiger partial charge on any atom is 0.260 e. The van der Waals surface area contributed by atoms with Gasteiger partial charge in [0.2, 0.25) is 0 Å². The van der Waals surface area contributed by atoms with Gasteiger partial charge in [-0.2, -0.15) is 0 Å². The van der Waals surface area contributed by atoms with Crippen LogP contribution in [0.25, 0.3) is 27.8 Å². The molecule has 0 unspecified atom stereocenters. The molecule has 2 nitrogen and oxygen atoms in total. The Balaban J connectivity index is 1.36. The van der Waals surface area contributed by atoms with E-state index in [9.17, 15) is 0 Å². The Morgan fingerprint density at radius 3 is 2.00 bits per heavy atom. The minimum Gasteiger partial charge on any atom is -0.458 e. The Morgan fingerprint density at radius 2 is 1.26 bits per heavy atom. The highest BCUT2D eigenvalue weighted by molar-refractivity contribution is 6.98. The second-order valence-corrected chi connectivity index (χ2v) is 10.4. The van der Waals surface area contributed by atoms with E-state index in [1.165, 1.54) is 22.1 Å². The number of rotatable bonds is 3. The van der Waals surface area contributed by atoms with E-state index < -0.39 is 0 Å². The average molecular weight is 500 g/mol. The number of fused-ring (bicyclic) bond motifs is 4. The van der Waals surface area contributed by atoms with Gasteiger partial charge in [0, 0.05) is 11.0 Å². The van der Waals surface area contributed by atoms with Crippen LogP contribution in [0.1, 0.15) is 18.4 Å². The molecule has 2 aliphatic heterocycles. The summed E-state index contributed by atoms with van der Waals surface area (Å²) in [4.78, 5) is 0. The molecule has 39 heavy (non-hydrogen) atoms. The zero-order valence-corrected chi connectivity index (χ0v) is 21.4. The van der Waals surface area contributed by atoms with Crippen molar-refractivity contribution in [1.82, 2.24) is 0 Å². The fourth-order valence-electron chi connectivity index (χ4n) is 6.17. The van der Waals surface area contributed by atoms with Crippen LogP contribution >= 0.6 is 0 Å². The minimum atomic E-state index is 0.0327. The van der Waals surface area contributed by atoms with Gasteiger partial charge in [-0.1, -0.05) is 109 Å². The van der Waals surface area contributed by atoms with Crippen molar-refractivity contribution < 1.29 is 9.47 Å². The standard InChI is InChI=1S/C36H25BO2/c1-4-11-24(12-5-1)27-19-20-30-32(21-27)38-33-22-28(25-13-6-2-7-14-25)23-34-35(33)37(30)31-18-10-17-29(36(31)39-34)26-15-8-3-9-16-26/h1-2,4-8,10-23H,3,9H2. The molecule has 2 heterocycles. The highest BCUT2D eigenvalue weighted by atomic mass is 16.5. The summed E-state index contributed by atoms with van der Waals surface area (Å²) in [7, 11) is 0. The first-order valence-corrected chi connectivity index (χ1v) is 13.6. The Morgan fingerprint density at radius 1 is 0.538 bits per heavy atom. The first-order chi connectivity index (χ1) is 19.3. The van der Waals surface area contributed by atoms with E-state index in [4.69, 9.17) is 9.47 Å². The maximum absolute atomic E-state index is 6.82. The summed E-state index contributed by atoms with van der Waals surface area (Å²) in [5.41, 5.74) is 10.4. The summed E-state index contributed by atoms with van der Waals surface area (Å²) in [5.74, 6) is 3.58. The molecule has 0 saturated carbocycles. The lowest BCUT2D eigenvalue weighted by Crippen LogP contribution is -2.57. The molecule has 0 amide bonds. The molecule has 3 aliphatic rings. The van der Waals surface area contributed by atoms with Crippen molar-refractivity contribution in [3.63, 3.8) is 0 Å². The maximum atomic E-state index is 6.82. The molecule has 0 fully saturated rings. The van der Waals surface area contributed by atoms with Crippen LogP contribution in [0.2, 0.25) is 0 Å². The van der Waals surface area contributed by atoms with Gasteiger partial charge < -0.3 is 9.47 Å². The minimum absolute atomic E-state index is 0.0327. The number of hydrogen-bond acceptors (Lipinski definition) is 2. The lowest BCUT2D eigenvalue weighted by Gasteiger charge is -2.34. The van der Waals surface area contributed by atoms with Crippen LogP contribution in [0.15, 0.2) is 127 Å². The lowest BCUT2D eigenvalue weighted by atomic mass is 9.34. The summed E-state index contributed by atoms with van der Waals surface area (Å²) < 4.78 is 13.5. The molecule has 0 aromatic heterocycles. The quantitative estimate of drug-likeness (QED) is 0.234. The molecular weight excluding hydrogens is 475 g/mol. The predicted octanol–water partition coefficient (Wildman–Crippen LogP) is 7.48. The molecule has 0 N–H and O–H groups in total. The van der Waals surface area contributed by atoms with Gasteiger partial charge in [-0.15, -0.1) is 0 Å². The van der Waals surface area contributed by atoms with Gasteiger partial charge in [-0.3, -0.25) is 0 Å². The summed E-state index contributed by atoms with van der Waals surface area (Å²) in [6.07, 6.45) is 8.95. The van der Waals surface area contributed by atoms with Crippen molar-refractivity contribution in [1.29, 1.82) is 0 Å². The third-order valence-corrected chi connectivity index (χ3v) is 8.03. The molecule has 0 atom stereocenters. The molecule has 1 aliphatic carbocycles. The van der Waals surface area contributed by atoms with Crippen molar-refractivity contribution in [3.8, 4) is 45.3 Å². The first kappa shape index (κ1) is 22.2. The monoisotopic (exact) mass is 500 g/mol. The molecule has 5 aromatic rings. The number of benzene rings is 5. The zero-order chi connectivity index (χ0) is 25.8. The van der Waals surface area contributed by atoms with Gasteiger partial charge in [0.1, 0.15) is 23.0 Å². The zero-order valence-electron chi connectivity index (χ0n) is 21.4. The molecule has 8 rings (SSSR count). The van der Waals surface area contributed by atoms with E-state index in [-0.39, 0.29) is 6.71 Å². The van der Waals surface area contributed by atoms with E-state index in [2.05, 4.69) is 121 Å². The molecule has 0 spiro atoms. The Bertz CT molecular complexity index is 1800. The second kappa shape index (κ2) is 8.92. The number of allylic oxidation sites excluding steroid dienone is 4. The highest BCUT2D eigenvalue weighted by Gasteiger charge is 2.41. The van der Waals surface area contributed by atoms with Crippen molar-refractivity contribution in [2.24, 2.45) is 0 Å². The van der Waals surface area contributed by atoms with E-state index in [0.717, 1.165) is 63.6 Å². The highest BCUT2D eigenvalue weighted by Crippen LogP contribution is 2.41. The third-order valence-electron chi connectivity index (χ3n) is 8.03. The van der Waals surface area contributed by atoms with E-state index in [1.807, 2.05) is 6.07 Å². The van der Waals surface area contributed by atoms with Crippen LogP contribution in [-0.4, -0.2) is 6.71 Å². The summed E-state index contributed by atoms with van der Waals surface area (Å²) in [6.45, 7) is 0.0327. The van der Waals surface area contributed by atoms with Crippen LogP contribution in [0, 0.1) is 0 Å². The summed E-state index contributed by atoms with van der Waals surface area (Å²) in [5, 5.41) is 0. The van der Waals surface area contributed by atoms with E-state index in [0.29, 0.717) is 0 Å². The smallest absolute Gasteiger partial charge is 0.260 e. The Labute approximate surface area is 229 Å². The van der Waals surface area contributed by atoms with E-state index >= 15 is 0 Å².